The van der Waals surface area contributed by atoms with Crippen LogP contribution in [-0.2, 0) is 4.74 Å². The molecule has 0 aliphatic rings. The van der Waals surface area contributed by atoms with Gasteiger partial charge >= 0.3 is 0 Å². The summed E-state index contributed by atoms with van der Waals surface area (Å²) in [6, 6.07) is 7.78. The van der Waals surface area contributed by atoms with Gasteiger partial charge < -0.3 is 14.6 Å². The third-order valence-corrected chi connectivity index (χ3v) is 2.72. The van der Waals surface area contributed by atoms with Gasteiger partial charge in [-0.05, 0) is 17.7 Å². The Hall–Kier alpha value is -1.32. The standard InChI is InChI=1S/C14H20O3/c1-11(10-15)14(17-3)9-6-12-4-7-13(16-2)8-5-12/h4-9,11,14-15H,10H2,1-3H3/b9-6+/t11-,14-/m1/s1. The quantitative estimate of drug-likeness (QED) is 0.824. The molecule has 1 aromatic carbocycles. The second kappa shape index (κ2) is 7.09. The van der Waals surface area contributed by atoms with Crippen LogP contribution < -0.4 is 4.74 Å². The molecule has 0 saturated carbocycles. The minimum atomic E-state index is -0.0675. The van der Waals surface area contributed by atoms with Gasteiger partial charge in [-0.25, -0.2) is 0 Å². The molecule has 0 aliphatic heterocycles. The Morgan fingerprint density at radius 3 is 2.35 bits per heavy atom. The zero-order chi connectivity index (χ0) is 12.7. The average molecular weight is 236 g/mol. The molecule has 0 bridgehead atoms. The SMILES string of the molecule is COc1ccc(/C=C/[C@@H](OC)[C@H](C)CO)cc1. The van der Waals surface area contributed by atoms with E-state index in [2.05, 4.69) is 0 Å². The van der Waals surface area contributed by atoms with Crippen molar-refractivity contribution >= 4 is 6.08 Å². The number of hydrogen-bond donors (Lipinski definition) is 1. The number of aliphatic hydroxyl groups is 1. The normalized spacial score (nSPS) is 14.8. The molecule has 0 fully saturated rings. The first kappa shape index (κ1) is 13.7. The van der Waals surface area contributed by atoms with Crippen LogP contribution in [0.2, 0.25) is 0 Å². The molecule has 0 unspecified atom stereocenters. The number of methoxy groups -OCH3 is 2. The van der Waals surface area contributed by atoms with Gasteiger partial charge in [-0.2, -0.15) is 0 Å². The molecule has 1 rings (SSSR count). The fourth-order valence-electron chi connectivity index (χ4n) is 1.53. The van der Waals surface area contributed by atoms with E-state index in [1.807, 2.05) is 43.3 Å². The van der Waals surface area contributed by atoms with E-state index < -0.39 is 0 Å². The fraction of sp³-hybridized carbons (Fsp3) is 0.429. The first-order chi connectivity index (χ1) is 8.21. The van der Waals surface area contributed by atoms with E-state index in [1.54, 1.807) is 14.2 Å². The highest BCUT2D eigenvalue weighted by Crippen LogP contribution is 2.14. The number of hydrogen-bond acceptors (Lipinski definition) is 3. The summed E-state index contributed by atoms with van der Waals surface area (Å²) in [4.78, 5) is 0. The first-order valence-corrected chi connectivity index (χ1v) is 5.67. The van der Waals surface area contributed by atoms with Gasteiger partial charge in [0.05, 0.1) is 13.2 Å². The van der Waals surface area contributed by atoms with Gasteiger partial charge in [0.15, 0.2) is 0 Å². The molecule has 0 saturated heterocycles. The van der Waals surface area contributed by atoms with E-state index in [9.17, 15) is 0 Å². The second-order valence-corrected chi connectivity index (χ2v) is 3.99. The van der Waals surface area contributed by atoms with Crippen molar-refractivity contribution in [2.45, 2.75) is 13.0 Å². The minimum absolute atomic E-state index is 0.0675. The third kappa shape index (κ3) is 4.21. The average Bonchev–Trinajstić information content (AvgIpc) is 2.39. The monoisotopic (exact) mass is 236 g/mol. The Kier molecular flexibility index (Phi) is 5.73. The van der Waals surface area contributed by atoms with Crippen molar-refractivity contribution in [1.29, 1.82) is 0 Å². The Labute approximate surface area is 103 Å². The van der Waals surface area contributed by atoms with Crippen LogP contribution in [-0.4, -0.2) is 32.0 Å². The Morgan fingerprint density at radius 2 is 1.88 bits per heavy atom. The van der Waals surface area contributed by atoms with Crippen LogP contribution in [0.15, 0.2) is 30.3 Å². The van der Waals surface area contributed by atoms with Crippen molar-refractivity contribution in [3.63, 3.8) is 0 Å². The van der Waals surface area contributed by atoms with Gasteiger partial charge in [0.2, 0.25) is 0 Å². The molecule has 2 atom stereocenters. The van der Waals surface area contributed by atoms with E-state index in [1.165, 1.54) is 0 Å². The molecule has 0 aliphatic carbocycles. The van der Waals surface area contributed by atoms with Crippen LogP contribution in [0.3, 0.4) is 0 Å². The van der Waals surface area contributed by atoms with Gasteiger partial charge in [0.1, 0.15) is 5.75 Å². The summed E-state index contributed by atoms with van der Waals surface area (Å²) < 4.78 is 10.4. The van der Waals surface area contributed by atoms with E-state index in [0.717, 1.165) is 11.3 Å². The Balaban J connectivity index is 2.67. The molecule has 0 spiro atoms. The lowest BCUT2D eigenvalue weighted by atomic mass is 10.0. The second-order valence-electron chi connectivity index (χ2n) is 3.99. The highest BCUT2D eigenvalue weighted by Gasteiger charge is 2.11. The maximum absolute atomic E-state index is 9.07. The summed E-state index contributed by atoms with van der Waals surface area (Å²) in [6.07, 6.45) is 3.88. The molecule has 0 radical (unpaired) electrons. The maximum atomic E-state index is 9.07. The topological polar surface area (TPSA) is 38.7 Å². The predicted molar refractivity (Wildman–Crippen MR) is 69.1 cm³/mol. The van der Waals surface area contributed by atoms with Crippen molar-refractivity contribution in [1.82, 2.24) is 0 Å². The van der Waals surface area contributed by atoms with Gasteiger partial charge in [0, 0.05) is 19.6 Å². The molecule has 3 heteroatoms. The first-order valence-electron chi connectivity index (χ1n) is 5.67. The molecular weight excluding hydrogens is 216 g/mol. The molecule has 1 N–H and O–H groups in total. The molecule has 1 aromatic rings. The van der Waals surface area contributed by atoms with Crippen molar-refractivity contribution < 1.29 is 14.6 Å². The molecule has 17 heavy (non-hydrogen) atoms. The number of ether oxygens (including phenoxy) is 2. The summed E-state index contributed by atoms with van der Waals surface area (Å²) in [6.45, 7) is 2.07. The van der Waals surface area contributed by atoms with Crippen LogP contribution in [0.1, 0.15) is 12.5 Å². The lowest BCUT2D eigenvalue weighted by Crippen LogP contribution is -2.20. The highest BCUT2D eigenvalue weighted by molar-refractivity contribution is 5.51. The van der Waals surface area contributed by atoms with E-state index in [0.29, 0.717) is 0 Å². The summed E-state index contributed by atoms with van der Waals surface area (Å²) >= 11 is 0. The molecular formula is C14H20O3. The zero-order valence-electron chi connectivity index (χ0n) is 10.6. The molecule has 0 heterocycles. The third-order valence-electron chi connectivity index (χ3n) is 2.72. The number of rotatable bonds is 6. The van der Waals surface area contributed by atoms with E-state index >= 15 is 0 Å². The highest BCUT2D eigenvalue weighted by atomic mass is 16.5. The Bertz CT molecular complexity index is 343. The summed E-state index contributed by atoms with van der Waals surface area (Å²) in [5.74, 6) is 0.934. The molecule has 3 nitrogen and oxygen atoms in total. The number of benzene rings is 1. The largest absolute Gasteiger partial charge is 0.497 e. The molecule has 94 valence electrons. The van der Waals surface area contributed by atoms with Crippen LogP contribution >= 0.6 is 0 Å². The van der Waals surface area contributed by atoms with Gasteiger partial charge in [-0.1, -0.05) is 31.2 Å². The van der Waals surface area contributed by atoms with Crippen molar-refractivity contribution in [2.24, 2.45) is 5.92 Å². The van der Waals surface area contributed by atoms with Crippen LogP contribution in [0.4, 0.5) is 0 Å². The van der Waals surface area contributed by atoms with Crippen LogP contribution in [0, 0.1) is 5.92 Å². The predicted octanol–water partition coefficient (Wildman–Crippen LogP) is 2.35. The lowest BCUT2D eigenvalue weighted by Gasteiger charge is -2.16. The van der Waals surface area contributed by atoms with E-state index in [-0.39, 0.29) is 18.6 Å². The zero-order valence-corrected chi connectivity index (χ0v) is 10.6. The summed E-state index contributed by atoms with van der Waals surface area (Å²) in [7, 11) is 3.30. The van der Waals surface area contributed by atoms with Gasteiger partial charge in [-0.15, -0.1) is 0 Å². The maximum Gasteiger partial charge on any atom is 0.118 e. The summed E-state index contributed by atoms with van der Waals surface area (Å²) in [5, 5.41) is 9.07. The van der Waals surface area contributed by atoms with Crippen LogP contribution in [0.5, 0.6) is 5.75 Å². The Morgan fingerprint density at radius 1 is 1.24 bits per heavy atom. The van der Waals surface area contributed by atoms with Gasteiger partial charge in [0.25, 0.3) is 0 Å². The van der Waals surface area contributed by atoms with E-state index in [4.69, 9.17) is 14.6 Å². The van der Waals surface area contributed by atoms with Crippen molar-refractivity contribution in [3.8, 4) is 5.75 Å². The minimum Gasteiger partial charge on any atom is -0.497 e. The fourth-order valence-corrected chi connectivity index (χ4v) is 1.53. The van der Waals surface area contributed by atoms with Crippen molar-refractivity contribution in [3.05, 3.63) is 35.9 Å². The van der Waals surface area contributed by atoms with Crippen LogP contribution in [0.25, 0.3) is 6.08 Å². The van der Waals surface area contributed by atoms with Gasteiger partial charge in [-0.3, -0.25) is 0 Å². The van der Waals surface area contributed by atoms with Crippen molar-refractivity contribution in [2.75, 3.05) is 20.8 Å². The molecule has 0 amide bonds. The smallest absolute Gasteiger partial charge is 0.118 e. The summed E-state index contributed by atoms with van der Waals surface area (Å²) in [5.41, 5.74) is 1.08. The molecule has 0 aromatic heterocycles. The lowest BCUT2D eigenvalue weighted by molar-refractivity contribution is 0.0672. The number of aliphatic hydroxyl groups excluding tert-OH is 1.